The molecule has 4 rings (SSSR count). The van der Waals surface area contributed by atoms with Crippen molar-refractivity contribution in [1.82, 2.24) is 19.8 Å². The van der Waals surface area contributed by atoms with E-state index in [2.05, 4.69) is 33.3 Å². The summed E-state index contributed by atoms with van der Waals surface area (Å²) in [6.45, 7) is 1.34. The summed E-state index contributed by atoms with van der Waals surface area (Å²) >= 11 is 6.21. The van der Waals surface area contributed by atoms with E-state index in [-0.39, 0.29) is 18.0 Å². The Bertz CT molecular complexity index is 1210. The molecule has 0 aliphatic heterocycles. The van der Waals surface area contributed by atoms with E-state index >= 15 is 0 Å². The Kier molecular flexibility index (Phi) is 7.38. The van der Waals surface area contributed by atoms with E-state index in [1.807, 2.05) is 31.3 Å². The summed E-state index contributed by atoms with van der Waals surface area (Å²) in [6, 6.07) is 14.2. The first-order valence-corrected chi connectivity index (χ1v) is 12.8. The maximum atomic E-state index is 12.3. The maximum absolute atomic E-state index is 12.3. The molecule has 0 radical (unpaired) electrons. The zero-order chi connectivity index (χ0) is 23.4. The molecule has 1 aliphatic carbocycles. The van der Waals surface area contributed by atoms with Gasteiger partial charge in [0.25, 0.3) is 0 Å². The average molecular weight is 489 g/mol. The molecule has 0 spiro atoms. The van der Waals surface area contributed by atoms with Gasteiger partial charge in [-0.05, 0) is 79.2 Å². The molecule has 176 valence electrons. The summed E-state index contributed by atoms with van der Waals surface area (Å²) in [5, 5.41) is 7.99. The summed E-state index contributed by atoms with van der Waals surface area (Å²) in [6.07, 6.45) is 4.72. The van der Waals surface area contributed by atoms with Gasteiger partial charge in [0.05, 0.1) is 6.20 Å². The molecule has 1 aliphatic rings. The topological polar surface area (TPSA) is 85.2 Å². The minimum Gasteiger partial charge on any atom is -0.492 e. The molecule has 2 N–H and O–H groups in total. The summed E-state index contributed by atoms with van der Waals surface area (Å²) in [4.78, 5) is 0.141. The molecular weight excluding hydrogens is 460 g/mol. The van der Waals surface area contributed by atoms with Gasteiger partial charge in [0.15, 0.2) is 0 Å². The number of rotatable bonds is 10. The van der Waals surface area contributed by atoms with Crippen molar-refractivity contribution in [3.8, 4) is 5.75 Å². The number of halogens is 1. The lowest BCUT2D eigenvalue weighted by molar-refractivity contribution is 0.322. The Morgan fingerprint density at radius 3 is 2.82 bits per heavy atom. The SMILES string of the molecule is CNCC1Cc2ccc(OCCNS(=O)(=O)c3cnn(C)c3)cc2C1Cc1cccc(Cl)c1. The first-order valence-electron chi connectivity index (χ1n) is 11.0. The molecule has 9 heteroatoms. The van der Waals surface area contributed by atoms with Crippen LogP contribution in [-0.2, 0) is 29.9 Å². The number of ether oxygens (including phenoxy) is 1. The van der Waals surface area contributed by atoms with E-state index < -0.39 is 10.0 Å². The number of sulfonamides is 1. The normalized spacial score (nSPS) is 17.8. The largest absolute Gasteiger partial charge is 0.492 e. The number of nitrogens with one attached hydrogen (secondary N) is 2. The monoisotopic (exact) mass is 488 g/mol. The van der Waals surface area contributed by atoms with Crippen molar-refractivity contribution in [3.63, 3.8) is 0 Å². The van der Waals surface area contributed by atoms with Crippen molar-refractivity contribution in [2.45, 2.75) is 23.7 Å². The number of hydrogen-bond donors (Lipinski definition) is 2. The minimum absolute atomic E-state index is 0.141. The second-order valence-electron chi connectivity index (χ2n) is 8.42. The zero-order valence-electron chi connectivity index (χ0n) is 18.8. The second kappa shape index (κ2) is 10.3. The molecule has 33 heavy (non-hydrogen) atoms. The van der Waals surface area contributed by atoms with E-state index in [1.165, 1.54) is 33.8 Å². The standard InChI is InChI=1S/C24H29ClN4O3S/c1-26-14-19-12-18-6-7-21(13-24(18)23(19)11-17-4-3-5-20(25)10-17)32-9-8-28-33(30,31)22-15-27-29(2)16-22/h3-7,10,13,15-16,19,23,26,28H,8-9,11-12,14H2,1-2H3. The second-order valence-corrected chi connectivity index (χ2v) is 10.6. The third-order valence-electron chi connectivity index (χ3n) is 6.03. The van der Waals surface area contributed by atoms with Gasteiger partial charge in [-0.2, -0.15) is 5.10 Å². The predicted octanol–water partition coefficient (Wildman–Crippen LogP) is 3.15. The van der Waals surface area contributed by atoms with Gasteiger partial charge in [-0.25, -0.2) is 13.1 Å². The highest BCUT2D eigenvalue weighted by Gasteiger charge is 2.32. The minimum atomic E-state index is -3.60. The van der Waals surface area contributed by atoms with Crippen molar-refractivity contribution in [2.75, 3.05) is 26.7 Å². The van der Waals surface area contributed by atoms with Crippen molar-refractivity contribution >= 4 is 21.6 Å². The lowest BCUT2D eigenvalue weighted by Gasteiger charge is -2.21. The fourth-order valence-electron chi connectivity index (χ4n) is 4.51. The van der Waals surface area contributed by atoms with Crippen LogP contribution in [0.2, 0.25) is 5.02 Å². The Hall–Kier alpha value is -2.39. The molecule has 2 aromatic carbocycles. The Labute approximate surface area is 200 Å². The highest BCUT2D eigenvalue weighted by molar-refractivity contribution is 7.89. The van der Waals surface area contributed by atoms with Crippen LogP contribution in [0.5, 0.6) is 5.75 Å². The summed E-state index contributed by atoms with van der Waals surface area (Å²) in [7, 11) is 0.0690. The summed E-state index contributed by atoms with van der Waals surface area (Å²) in [5.74, 6) is 1.60. The predicted molar refractivity (Wildman–Crippen MR) is 129 cm³/mol. The van der Waals surface area contributed by atoms with Crippen LogP contribution in [0.15, 0.2) is 59.8 Å². The molecule has 2 unspecified atom stereocenters. The van der Waals surface area contributed by atoms with Crippen LogP contribution in [0, 0.1) is 5.92 Å². The molecule has 7 nitrogen and oxygen atoms in total. The van der Waals surface area contributed by atoms with E-state index in [9.17, 15) is 8.42 Å². The van der Waals surface area contributed by atoms with E-state index in [0.29, 0.717) is 11.8 Å². The number of aryl methyl sites for hydroxylation is 1. The molecule has 1 aromatic heterocycles. The number of hydrogen-bond acceptors (Lipinski definition) is 5. The van der Waals surface area contributed by atoms with Gasteiger partial charge in [-0.3, -0.25) is 4.68 Å². The van der Waals surface area contributed by atoms with Crippen LogP contribution in [0.25, 0.3) is 0 Å². The third-order valence-corrected chi connectivity index (χ3v) is 7.68. The fourth-order valence-corrected chi connectivity index (χ4v) is 5.72. The molecule has 0 saturated heterocycles. The van der Waals surface area contributed by atoms with Gasteiger partial charge in [-0.15, -0.1) is 0 Å². The van der Waals surface area contributed by atoms with Gasteiger partial charge in [0.1, 0.15) is 17.3 Å². The molecule has 3 aromatic rings. The molecule has 0 fully saturated rings. The number of nitrogens with zero attached hydrogens (tertiary/aromatic N) is 2. The van der Waals surface area contributed by atoms with Gasteiger partial charge in [-0.1, -0.05) is 29.8 Å². The van der Waals surface area contributed by atoms with Crippen molar-refractivity contribution in [1.29, 1.82) is 0 Å². The molecule has 0 amide bonds. The maximum Gasteiger partial charge on any atom is 0.243 e. The van der Waals surface area contributed by atoms with Gasteiger partial charge in [0, 0.05) is 24.8 Å². The Balaban J connectivity index is 1.42. The highest BCUT2D eigenvalue weighted by atomic mass is 35.5. The number of fused-ring (bicyclic) bond motifs is 1. The number of aromatic nitrogens is 2. The van der Waals surface area contributed by atoms with Gasteiger partial charge in [0.2, 0.25) is 10.0 Å². The highest BCUT2D eigenvalue weighted by Crippen LogP contribution is 2.41. The van der Waals surface area contributed by atoms with Crippen LogP contribution in [0.4, 0.5) is 0 Å². The summed E-state index contributed by atoms with van der Waals surface area (Å²) in [5.41, 5.74) is 3.85. The lowest BCUT2D eigenvalue weighted by Crippen LogP contribution is -2.28. The van der Waals surface area contributed by atoms with Gasteiger partial charge >= 0.3 is 0 Å². The first-order chi connectivity index (χ1) is 15.9. The van der Waals surface area contributed by atoms with E-state index in [4.69, 9.17) is 16.3 Å². The molecule has 2 atom stereocenters. The molecule has 0 bridgehead atoms. The molecule has 1 heterocycles. The van der Waals surface area contributed by atoms with Crippen LogP contribution < -0.4 is 14.8 Å². The smallest absolute Gasteiger partial charge is 0.243 e. The zero-order valence-corrected chi connectivity index (χ0v) is 20.4. The van der Waals surface area contributed by atoms with Crippen LogP contribution in [0.1, 0.15) is 22.6 Å². The van der Waals surface area contributed by atoms with E-state index in [1.54, 1.807) is 7.05 Å². The van der Waals surface area contributed by atoms with Crippen LogP contribution in [0.3, 0.4) is 0 Å². The van der Waals surface area contributed by atoms with Crippen molar-refractivity contribution in [3.05, 3.63) is 76.6 Å². The van der Waals surface area contributed by atoms with Gasteiger partial charge < -0.3 is 10.1 Å². The molecule has 0 saturated carbocycles. The van der Waals surface area contributed by atoms with E-state index in [0.717, 1.165) is 30.2 Å². The molecular formula is C24H29ClN4O3S. The Morgan fingerprint density at radius 2 is 2.09 bits per heavy atom. The lowest BCUT2D eigenvalue weighted by atomic mass is 9.86. The van der Waals surface area contributed by atoms with Crippen LogP contribution >= 0.6 is 11.6 Å². The average Bonchev–Trinajstić information content (AvgIpc) is 3.36. The summed E-state index contributed by atoms with van der Waals surface area (Å²) < 4.78 is 34.5. The number of benzene rings is 2. The fraction of sp³-hybridized carbons (Fsp3) is 0.375. The Morgan fingerprint density at radius 1 is 1.24 bits per heavy atom. The van der Waals surface area contributed by atoms with Crippen molar-refractivity contribution < 1.29 is 13.2 Å². The van der Waals surface area contributed by atoms with Crippen molar-refractivity contribution in [2.24, 2.45) is 13.0 Å². The van der Waals surface area contributed by atoms with Crippen LogP contribution in [-0.4, -0.2) is 44.9 Å². The first kappa shape index (κ1) is 23.8. The quantitative estimate of drug-likeness (QED) is 0.428. The third kappa shape index (κ3) is 5.76.